The number of fused-ring (bicyclic) bond motifs is 1. The number of hydrogen-bond acceptors (Lipinski definition) is 5. The maximum atomic E-state index is 11.8. The Hall–Kier alpha value is -2.63. The van der Waals surface area contributed by atoms with Crippen molar-refractivity contribution in [3.8, 4) is 0 Å². The SMILES string of the molecule is CCCNC(=O)COC(=O)c1cc2ccccc2oc1=O. The Kier molecular flexibility index (Phi) is 4.71. The summed E-state index contributed by atoms with van der Waals surface area (Å²) in [7, 11) is 0. The van der Waals surface area contributed by atoms with Crippen molar-refractivity contribution >= 4 is 22.8 Å². The average Bonchev–Trinajstić information content (AvgIpc) is 2.49. The third kappa shape index (κ3) is 3.68. The lowest BCUT2D eigenvalue weighted by molar-refractivity contribution is -0.124. The van der Waals surface area contributed by atoms with E-state index >= 15 is 0 Å². The summed E-state index contributed by atoms with van der Waals surface area (Å²) < 4.78 is 9.83. The smallest absolute Gasteiger partial charge is 0.351 e. The first-order chi connectivity index (χ1) is 10.1. The highest BCUT2D eigenvalue weighted by Crippen LogP contribution is 2.12. The number of benzene rings is 1. The second-order valence-electron chi connectivity index (χ2n) is 4.41. The second kappa shape index (κ2) is 6.69. The minimum absolute atomic E-state index is 0.225. The van der Waals surface area contributed by atoms with Crippen molar-refractivity contribution in [2.24, 2.45) is 0 Å². The molecule has 110 valence electrons. The summed E-state index contributed by atoms with van der Waals surface area (Å²) in [6.07, 6.45) is 0.786. The van der Waals surface area contributed by atoms with Gasteiger partial charge in [0.1, 0.15) is 11.1 Å². The first-order valence-electron chi connectivity index (χ1n) is 6.58. The van der Waals surface area contributed by atoms with E-state index in [1.807, 2.05) is 6.92 Å². The Morgan fingerprint density at radius 2 is 2.05 bits per heavy atom. The van der Waals surface area contributed by atoms with Crippen LogP contribution in [0.15, 0.2) is 39.5 Å². The Morgan fingerprint density at radius 3 is 2.81 bits per heavy atom. The number of rotatable bonds is 5. The van der Waals surface area contributed by atoms with Crippen molar-refractivity contribution in [1.29, 1.82) is 0 Å². The average molecular weight is 289 g/mol. The van der Waals surface area contributed by atoms with E-state index in [1.165, 1.54) is 6.07 Å². The summed E-state index contributed by atoms with van der Waals surface area (Å²) in [5.74, 6) is -1.28. The van der Waals surface area contributed by atoms with E-state index in [1.54, 1.807) is 24.3 Å². The van der Waals surface area contributed by atoms with E-state index in [-0.39, 0.29) is 5.56 Å². The van der Waals surface area contributed by atoms with Crippen LogP contribution in [0.2, 0.25) is 0 Å². The lowest BCUT2D eigenvalue weighted by atomic mass is 10.2. The van der Waals surface area contributed by atoms with Gasteiger partial charge < -0.3 is 14.5 Å². The Bertz CT molecular complexity index is 719. The molecule has 0 unspecified atom stereocenters. The highest BCUT2D eigenvalue weighted by atomic mass is 16.5. The molecule has 0 aliphatic carbocycles. The molecule has 6 nitrogen and oxygen atoms in total. The topological polar surface area (TPSA) is 85.6 Å². The van der Waals surface area contributed by atoms with Crippen molar-refractivity contribution in [3.63, 3.8) is 0 Å². The number of ether oxygens (including phenoxy) is 1. The molecule has 1 aromatic heterocycles. The van der Waals surface area contributed by atoms with E-state index in [0.29, 0.717) is 17.5 Å². The maximum Gasteiger partial charge on any atom is 0.351 e. The first-order valence-corrected chi connectivity index (χ1v) is 6.58. The molecule has 0 saturated heterocycles. The van der Waals surface area contributed by atoms with Crippen LogP contribution in [0.4, 0.5) is 0 Å². The van der Waals surface area contributed by atoms with Gasteiger partial charge in [-0.25, -0.2) is 9.59 Å². The summed E-state index contributed by atoms with van der Waals surface area (Å²) in [4.78, 5) is 34.9. The van der Waals surface area contributed by atoms with Crippen molar-refractivity contribution in [3.05, 3.63) is 46.3 Å². The molecule has 2 rings (SSSR count). The third-order valence-corrected chi connectivity index (χ3v) is 2.77. The van der Waals surface area contributed by atoms with Crippen LogP contribution in [0.3, 0.4) is 0 Å². The first kappa shape index (κ1) is 14.8. The number of esters is 1. The van der Waals surface area contributed by atoms with Crippen LogP contribution < -0.4 is 10.9 Å². The molecule has 0 radical (unpaired) electrons. The zero-order valence-corrected chi connectivity index (χ0v) is 11.5. The molecule has 0 spiro atoms. The molecule has 0 fully saturated rings. The number of para-hydroxylation sites is 1. The normalized spacial score (nSPS) is 10.3. The van der Waals surface area contributed by atoms with Crippen LogP contribution in [-0.4, -0.2) is 25.0 Å². The van der Waals surface area contributed by atoms with Gasteiger partial charge in [0.2, 0.25) is 0 Å². The fourth-order valence-corrected chi connectivity index (χ4v) is 1.73. The van der Waals surface area contributed by atoms with Crippen LogP contribution in [-0.2, 0) is 9.53 Å². The fourth-order valence-electron chi connectivity index (χ4n) is 1.73. The highest BCUT2D eigenvalue weighted by molar-refractivity contribution is 5.94. The van der Waals surface area contributed by atoms with E-state index in [0.717, 1.165) is 6.42 Å². The van der Waals surface area contributed by atoms with Crippen molar-refractivity contribution in [2.75, 3.05) is 13.2 Å². The molecule has 21 heavy (non-hydrogen) atoms. The Morgan fingerprint density at radius 1 is 1.29 bits per heavy atom. The van der Waals surface area contributed by atoms with Crippen LogP contribution in [0.5, 0.6) is 0 Å². The van der Waals surface area contributed by atoms with Gasteiger partial charge in [-0.1, -0.05) is 25.1 Å². The molecule has 1 heterocycles. The quantitative estimate of drug-likeness (QED) is 0.665. The number of amides is 1. The molecule has 0 saturated carbocycles. The molecule has 0 bridgehead atoms. The minimum Gasteiger partial charge on any atom is -0.452 e. The van der Waals surface area contributed by atoms with Crippen LogP contribution in [0, 0.1) is 0 Å². The van der Waals surface area contributed by atoms with Gasteiger partial charge >= 0.3 is 11.6 Å². The zero-order chi connectivity index (χ0) is 15.2. The summed E-state index contributed by atoms with van der Waals surface area (Å²) >= 11 is 0. The highest BCUT2D eigenvalue weighted by Gasteiger charge is 2.16. The van der Waals surface area contributed by atoms with Gasteiger partial charge in [-0.05, 0) is 18.6 Å². The third-order valence-electron chi connectivity index (χ3n) is 2.77. The van der Waals surface area contributed by atoms with Crippen molar-refractivity contribution in [1.82, 2.24) is 5.32 Å². The molecule has 1 aromatic carbocycles. The molecule has 2 aromatic rings. The molecular weight excluding hydrogens is 274 g/mol. The van der Waals surface area contributed by atoms with Gasteiger partial charge in [-0.15, -0.1) is 0 Å². The summed E-state index contributed by atoms with van der Waals surface area (Å²) in [6, 6.07) is 8.22. The predicted molar refractivity (Wildman–Crippen MR) is 76.1 cm³/mol. The molecule has 1 amide bonds. The molecule has 0 aliphatic heterocycles. The lowest BCUT2D eigenvalue weighted by Crippen LogP contribution is -2.30. The van der Waals surface area contributed by atoms with Crippen LogP contribution >= 0.6 is 0 Å². The number of hydrogen-bond donors (Lipinski definition) is 1. The van der Waals surface area contributed by atoms with E-state index < -0.39 is 24.1 Å². The minimum atomic E-state index is -0.874. The maximum absolute atomic E-state index is 11.8. The van der Waals surface area contributed by atoms with Gasteiger partial charge in [-0.3, -0.25) is 4.79 Å². The summed E-state index contributed by atoms with van der Waals surface area (Å²) in [6.45, 7) is 1.99. The fraction of sp³-hybridized carbons (Fsp3) is 0.267. The second-order valence-corrected chi connectivity index (χ2v) is 4.41. The zero-order valence-electron chi connectivity index (χ0n) is 11.5. The van der Waals surface area contributed by atoms with Gasteiger partial charge in [0, 0.05) is 11.9 Å². The predicted octanol–water partition coefficient (Wildman–Crippen LogP) is 1.48. The Labute approximate surface area is 120 Å². The van der Waals surface area contributed by atoms with Crippen LogP contribution in [0.1, 0.15) is 23.7 Å². The van der Waals surface area contributed by atoms with Crippen LogP contribution in [0.25, 0.3) is 11.0 Å². The van der Waals surface area contributed by atoms with E-state index in [4.69, 9.17) is 9.15 Å². The molecule has 0 aliphatic rings. The van der Waals surface area contributed by atoms with Crippen molar-refractivity contribution in [2.45, 2.75) is 13.3 Å². The molecule has 1 N–H and O–H groups in total. The number of nitrogens with one attached hydrogen (secondary N) is 1. The Balaban J connectivity index is 2.10. The standard InChI is InChI=1S/C15H15NO5/c1-2-7-16-13(17)9-20-14(18)11-8-10-5-3-4-6-12(10)21-15(11)19/h3-6,8H,2,7,9H2,1H3,(H,16,17). The number of carbonyl (C=O) groups is 2. The van der Waals surface area contributed by atoms with Crippen molar-refractivity contribution < 1.29 is 18.7 Å². The van der Waals surface area contributed by atoms with E-state index in [9.17, 15) is 14.4 Å². The lowest BCUT2D eigenvalue weighted by Gasteiger charge is -2.05. The molecule has 6 heteroatoms. The summed E-state index contributed by atoms with van der Waals surface area (Å²) in [5.41, 5.74) is -0.621. The van der Waals surface area contributed by atoms with Gasteiger partial charge in [0.25, 0.3) is 5.91 Å². The number of carbonyl (C=O) groups excluding carboxylic acids is 2. The largest absolute Gasteiger partial charge is 0.452 e. The van der Waals surface area contributed by atoms with Gasteiger partial charge in [0.15, 0.2) is 6.61 Å². The van der Waals surface area contributed by atoms with Gasteiger partial charge in [0.05, 0.1) is 0 Å². The van der Waals surface area contributed by atoms with Gasteiger partial charge in [-0.2, -0.15) is 0 Å². The van der Waals surface area contributed by atoms with E-state index in [2.05, 4.69) is 5.32 Å². The summed E-state index contributed by atoms with van der Waals surface area (Å²) in [5, 5.41) is 3.18. The molecule has 0 atom stereocenters. The monoisotopic (exact) mass is 289 g/mol. The molecular formula is C15H15NO5.